The van der Waals surface area contributed by atoms with Gasteiger partial charge in [0.2, 0.25) is 0 Å². The molecule has 0 saturated heterocycles. The second-order valence-electron chi connectivity index (χ2n) is 5.58. The van der Waals surface area contributed by atoms with E-state index in [9.17, 15) is 0 Å². The fraction of sp³-hybridized carbons (Fsp3) is 1.00. The molecule has 2 aliphatic rings. The molecular weight excluding hydrogens is 198 g/mol. The molecule has 0 atom stereocenters. The summed E-state index contributed by atoms with van der Waals surface area (Å²) in [6.07, 6.45) is 11.3. The van der Waals surface area contributed by atoms with Crippen LogP contribution >= 0.6 is 0 Å². The van der Waals surface area contributed by atoms with Gasteiger partial charge in [0.05, 0.1) is 0 Å². The summed E-state index contributed by atoms with van der Waals surface area (Å²) >= 11 is 0. The van der Waals surface area contributed by atoms with Gasteiger partial charge in [-0.3, -0.25) is 0 Å². The molecular formula is C14H27NO. The second-order valence-corrected chi connectivity index (χ2v) is 5.58. The highest BCUT2D eigenvalue weighted by atomic mass is 16.5. The van der Waals surface area contributed by atoms with E-state index in [1.54, 1.807) is 0 Å². The average Bonchev–Trinajstić information content (AvgIpc) is 3.13. The molecule has 0 radical (unpaired) electrons. The second kappa shape index (κ2) is 7.29. The lowest BCUT2D eigenvalue weighted by atomic mass is 9.89. The molecule has 0 bridgehead atoms. The lowest BCUT2D eigenvalue weighted by molar-refractivity contribution is 0.121. The van der Waals surface area contributed by atoms with Gasteiger partial charge in [-0.1, -0.05) is 19.3 Å². The first-order valence-electron chi connectivity index (χ1n) is 7.23. The van der Waals surface area contributed by atoms with Crippen molar-refractivity contribution in [2.24, 2.45) is 11.8 Å². The first-order chi connectivity index (χ1) is 7.95. The van der Waals surface area contributed by atoms with E-state index < -0.39 is 0 Å². The van der Waals surface area contributed by atoms with Crippen LogP contribution in [0.2, 0.25) is 0 Å². The van der Waals surface area contributed by atoms with Crippen molar-refractivity contribution in [3.63, 3.8) is 0 Å². The lowest BCUT2D eigenvalue weighted by Gasteiger charge is -2.21. The van der Waals surface area contributed by atoms with Crippen LogP contribution in [0.25, 0.3) is 0 Å². The Hall–Kier alpha value is -0.0800. The Labute approximate surface area is 100 Å². The van der Waals surface area contributed by atoms with Crippen LogP contribution in [0, 0.1) is 11.8 Å². The molecule has 2 heteroatoms. The van der Waals surface area contributed by atoms with Gasteiger partial charge in [0.15, 0.2) is 0 Å². The van der Waals surface area contributed by atoms with Crippen molar-refractivity contribution in [2.75, 3.05) is 26.3 Å². The molecule has 0 spiro atoms. The Bertz CT molecular complexity index is 174. The molecule has 0 unspecified atom stereocenters. The fourth-order valence-electron chi connectivity index (χ4n) is 2.53. The Morgan fingerprint density at radius 3 is 2.50 bits per heavy atom. The molecule has 0 aliphatic heterocycles. The molecule has 94 valence electrons. The highest BCUT2D eigenvalue weighted by Crippen LogP contribution is 2.28. The quantitative estimate of drug-likeness (QED) is 0.641. The highest BCUT2D eigenvalue weighted by Gasteiger charge is 2.20. The van der Waals surface area contributed by atoms with Crippen LogP contribution in [-0.4, -0.2) is 26.3 Å². The number of ether oxygens (including phenoxy) is 1. The van der Waals surface area contributed by atoms with Crippen LogP contribution < -0.4 is 5.32 Å². The van der Waals surface area contributed by atoms with Gasteiger partial charge in [0.25, 0.3) is 0 Å². The normalized spacial score (nSPS) is 22.5. The summed E-state index contributed by atoms with van der Waals surface area (Å²) in [4.78, 5) is 0. The number of rotatable bonds is 8. The minimum atomic E-state index is 0.912. The van der Waals surface area contributed by atoms with Crippen molar-refractivity contribution in [1.29, 1.82) is 0 Å². The van der Waals surface area contributed by atoms with Crippen molar-refractivity contribution in [3.05, 3.63) is 0 Å². The summed E-state index contributed by atoms with van der Waals surface area (Å²) in [6.45, 7) is 4.35. The molecule has 0 amide bonds. The standard InChI is InChI=1S/C14H27NO/c1-2-5-13(6-3-1)11-15-9-4-10-16-12-14-7-8-14/h13-15H,1-12H2. The Kier molecular flexibility index (Phi) is 5.64. The Morgan fingerprint density at radius 1 is 0.938 bits per heavy atom. The summed E-state index contributed by atoms with van der Waals surface area (Å²) in [5.41, 5.74) is 0. The van der Waals surface area contributed by atoms with Gasteiger partial charge in [0.1, 0.15) is 0 Å². The molecule has 16 heavy (non-hydrogen) atoms. The molecule has 2 nitrogen and oxygen atoms in total. The third-order valence-corrected chi connectivity index (χ3v) is 3.85. The van der Waals surface area contributed by atoms with E-state index in [1.165, 1.54) is 57.9 Å². The predicted molar refractivity (Wildman–Crippen MR) is 67.6 cm³/mol. The van der Waals surface area contributed by atoms with Crippen LogP contribution in [-0.2, 0) is 4.74 Å². The SMILES string of the molecule is C1CCC(CNCCCOCC2CC2)CC1. The van der Waals surface area contributed by atoms with Crippen LogP contribution in [0.5, 0.6) is 0 Å². The summed E-state index contributed by atoms with van der Waals surface area (Å²) in [7, 11) is 0. The van der Waals surface area contributed by atoms with Crippen LogP contribution in [0.15, 0.2) is 0 Å². The van der Waals surface area contributed by atoms with Crippen LogP contribution in [0.4, 0.5) is 0 Å². The van der Waals surface area contributed by atoms with Crippen LogP contribution in [0.1, 0.15) is 51.4 Å². The maximum absolute atomic E-state index is 5.61. The molecule has 0 aromatic rings. The van der Waals surface area contributed by atoms with E-state index in [1.807, 2.05) is 0 Å². The van der Waals surface area contributed by atoms with Gasteiger partial charge >= 0.3 is 0 Å². The Morgan fingerprint density at radius 2 is 1.75 bits per heavy atom. The predicted octanol–water partition coefficient (Wildman–Crippen LogP) is 2.97. The van der Waals surface area contributed by atoms with E-state index in [-0.39, 0.29) is 0 Å². The monoisotopic (exact) mass is 225 g/mol. The van der Waals surface area contributed by atoms with Crippen LogP contribution in [0.3, 0.4) is 0 Å². The van der Waals surface area contributed by atoms with Crippen molar-refractivity contribution < 1.29 is 4.74 Å². The van der Waals surface area contributed by atoms with Gasteiger partial charge in [-0.2, -0.15) is 0 Å². The van der Waals surface area contributed by atoms with Gasteiger partial charge in [-0.15, -0.1) is 0 Å². The maximum Gasteiger partial charge on any atom is 0.0494 e. The fourth-order valence-corrected chi connectivity index (χ4v) is 2.53. The van der Waals surface area contributed by atoms with E-state index in [0.29, 0.717) is 0 Å². The van der Waals surface area contributed by atoms with Gasteiger partial charge in [-0.25, -0.2) is 0 Å². The zero-order valence-corrected chi connectivity index (χ0v) is 10.5. The topological polar surface area (TPSA) is 21.3 Å². The summed E-state index contributed by atoms with van der Waals surface area (Å²) < 4.78 is 5.61. The number of hydrogen-bond donors (Lipinski definition) is 1. The summed E-state index contributed by atoms with van der Waals surface area (Å²) in [5, 5.41) is 3.58. The zero-order valence-electron chi connectivity index (χ0n) is 10.5. The largest absolute Gasteiger partial charge is 0.381 e. The Balaban J connectivity index is 1.33. The zero-order chi connectivity index (χ0) is 11.1. The lowest BCUT2D eigenvalue weighted by Crippen LogP contribution is -2.26. The average molecular weight is 225 g/mol. The first kappa shape index (κ1) is 12.4. The van der Waals surface area contributed by atoms with Gasteiger partial charge < -0.3 is 10.1 Å². The molecule has 2 rings (SSSR count). The van der Waals surface area contributed by atoms with Gasteiger partial charge in [0, 0.05) is 13.2 Å². The molecule has 2 fully saturated rings. The molecule has 0 heterocycles. The third-order valence-electron chi connectivity index (χ3n) is 3.85. The molecule has 0 aromatic heterocycles. The summed E-state index contributed by atoms with van der Waals surface area (Å²) in [5.74, 6) is 1.87. The third kappa shape index (κ3) is 5.31. The highest BCUT2D eigenvalue weighted by molar-refractivity contribution is 4.72. The van der Waals surface area contributed by atoms with Crippen molar-refractivity contribution in [1.82, 2.24) is 5.32 Å². The minimum Gasteiger partial charge on any atom is -0.381 e. The molecule has 2 saturated carbocycles. The summed E-state index contributed by atoms with van der Waals surface area (Å²) in [6, 6.07) is 0. The van der Waals surface area contributed by atoms with Crippen molar-refractivity contribution in [3.8, 4) is 0 Å². The van der Waals surface area contributed by atoms with E-state index in [4.69, 9.17) is 4.74 Å². The van der Waals surface area contributed by atoms with E-state index >= 15 is 0 Å². The smallest absolute Gasteiger partial charge is 0.0494 e. The molecule has 0 aromatic carbocycles. The van der Waals surface area contributed by atoms with E-state index in [2.05, 4.69) is 5.32 Å². The molecule has 1 N–H and O–H groups in total. The van der Waals surface area contributed by atoms with Crippen molar-refractivity contribution >= 4 is 0 Å². The number of hydrogen-bond acceptors (Lipinski definition) is 2. The number of nitrogens with one attached hydrogen (secondary N) is 1. The molecule has 2 aliphatic carbocycles. The first-order valence-corrected chi connectivity index (χ1v) is 7.23. The maximum atomic E-state index is 5.61. The van der Waals surface area contributed by atoms with Gasteiger partial charge in [-0.05, 0) is 57.0 Å². The van der Waals surface area contributed by atoms with Crippen molar-refractivity contribution in [2.45, 2.75) is 51.4 Å². The van der Waals surface area contributed by atoms with E-state index in [0.717, 1.165) is 31.6 Å². The minimum absolute atomic E-state index is 0.912.